The van der Waals surface area contributed by atoms with E-state index in [2.05, 4.69) is 5.32 Å². The van der Waals surface area contributed by atoms with Crippen LogP contribution in [-0.4, -0.2) is 51.6 Å². The minimum atomic E-state index is -4.05. The fourth-order valence-corrected chi connectivity index (χ4v) is 4.60. The lowest BCUT2D eigenvalue weighted by molar-refractivity contribution is -0.129. The highest BCUT2D eigenvalue weighted by molar-refractivity contribution is 7.89. The summed E-state index contributed by atoms with van der Waals surface area (Å²) < 4.78 is 30.7. The predicted octanol–water partition coefficient (Wildman–Crippen LogP) is 2.76. The van der Waals surface area contributed by atoms with Crippen molar-refractivity contribution in [2.24, 2.45) is 5.92 Å². The first kappa shape index (κ1) is 23.6. The molecule has 1 fully saturated rings. The number of carbonyl (C=O) groups excluding carboxylic acids is 2. The molecule has 1 aromatic rings. The van der Waals surface area contributed by atoms with E-state index in [1.807, 2.05) is 0 Å². The Bertz CT molecular complexity index is 839. The number of amides is 1. The van der Waals surface area contributed by atoms with Crippen LogP contribution in [0.3, 0.4) is 0 Å². The van der Waals surface area contributed by atoms with Crippen LogP contribution in [0, 0.1) is 5.92 Å². The number of hydrogen-bond acceptors (Lipinski definition) is 6. The normalized spacial score (nSPS) is 16.4. The molecule has 1 atom stereocenters. The van der Waals surface area contributed by atoms with Crippen LogP contribution in [0.2, 0.25) is 5.02 Å². The fraction of sp³-hybridized carbons (Fsp3) is 0.579. The maximum absolute atomic E-state index is 12.4. The number of esters is 1. The van der Waals surface area contributed by atoms with Gasteiger partial charge in [0.2, 0.25) is 0 Å². The Morgan fingerprint density at radius 1 is 1.28 bits per heavy atom. The Kier molecular flexibility index (Phi) is 8.45. The third-order valence-electron chi connectivity index (χ3n) is 4.98. The van der Waals surface area contributed by atoms with Crippen LogP contribution in [0.1, 0.15) is 49.4 Å². The average molecular weight is 447 g/mol. The Morgan fingerprint density at radius 2 is 1.93 bits per heavy atom. The predicted molar refractivity (Wildman–Crippen MR) is 108 cm³/mol. The number of halogens is 1. The van der Waals surface area contributed by atoms with Crippen molar-refractivity contribution in [1.82, 2.24) is 9.79 Å². The van der Waals surface area contributed by atoms with Crippen LogP contribution in [-0.2, 0) is 24.4 Å². The molecule has 0 bridgehead atoms. The lowest BCUT2D eigenvalue weighted by Gasteiger charge is -2.22. The van der Waals surface area contributed by atoms with Gasteiger partial charge in [0.15, 0.2) is 6.10 Å². The van der Waals surface area contributed by atoms with Crippen molar-refractivity contribution < 1.29 is 27.6 Å². The van der Waals surface area contributed by atoms with Crippen molar-refractivity contribution in [3.05, 3.63) is 28.8 Å². The summed E-state index contributed by atoms with van der Waals surface area (Å²) in [6.07, 6.45) is 4.75. The van der Waals surface area contributed by atoms with Crippen LogP contribution < -0.4 is 5.32 Å². The maximum Gasteiger partial charge on any atom is 0.338 e. The average Bonchev–Trinajstić information content (AvgIpc) is 2.71. The highest BCUT2D eigenvalue weighted by atomic mass is 35.5. The number of nitrogens with one attached hydrogen (secondary N) is 1. The molecule has 1 saturated carbocycles. The van der Waals surface area contributed by atoms with Crippen LogP contribution in [0.25, 0.3) is 0 Å². The minimum Gasteiger partial charge on any atom is -0.449 e. The molecule has 1 N–H and O–H groups in total. The largest absolute Gasteiger partial charge is 0.449 e. The smallest absolute Gasteiger partial charge is 0.338 e. The first-order valence-corrected chi connectivity index (χ1v) is 11.3. The number of carbonyl (C=O) groups is 2. The van der Waals surface area contributed by atoms with Crippen molar-refractivity contribution in [3.63, 3.8) is 0 Å². The Hall–Kier alpha value is -1.68. The number of sulfonamides is 1. The summed E-state index contributed by atoms with van der Waals surface area (Å²) in [6.45, 7) is 2.04. The number of benzene rings is 1. The maximum atomic E-state index is 12.4. The molecule has 0 radical (unpaired) electrons. The van der Waals surface area contributed by atoms with E-state index in [0.29, 0.717) is 16.9 Å². The first-order valence-electron chi connectivity index (χ1n) is 9.48. The lowest BCUT2D eigenvalue weighted by atomic mass is 9.89. The molecule has 1 unspecified atom stereocenters. The van der Waals surface area contributed by atoms with Crippen molar-refractivity contribution in [1.29, 1.82) is 0 Å². The summed E-state index contributed by atoms with van der Waals surface area (Å²) in [5.41, 5.74) is -0.0376. The van der Waals surface area contributed by atoms with Crippen LogP contribution >= 0.6 is 11.6 Å². The number of hydroxylamine groups is 1. The van der Waals surface area contributed by atoms with E-state index >= 15 is 0 Å². The summed E-state index contributed by atoms with van der Waals surface area (Å²) in [6, 6.07) is 3.72. The van der Waals surface area contributed by atoms with E-state index in [1.54, 1.807) is 0 Å². The summed E-state index contributed by atoms with van der Waals surface area (Å²) >= 11 is 5.98. The molecular formula is C19H27ClN2O6S. The van der Waals surface area contributed by atoms with Gasteiger partial charge in [0.05, 0.1) is 17.7 Å². The molecule has 1 aliphatic rings. The van der Waals surface area contributed by atoms with Crippen LogP contribution in [0.5, 0.6) is 0 Å². The SMILES string of the molecule is CON(C)S(=O)(=O)c1cc(C(=O)OC(C)C(=O)NCC2CCCCC2)ccc1Cl. The van der Waals surface area contributed by atoms with E-state index in [9.17, 15) is 18.0 Å². The van der Waals surface area contributed by atoms with Gasteiger partial charge in [0.1, 0.15) is 4.90 Å². The monoisotopic (exact) mass is 446 g/mol. The molecule has 0 heterocycles. The molecule has 1 aliphatic carbocycles. The molecule has 0 saturated heterocycles. The number of ether oxygens (including phenoxy) is 1. The van der Waals surface area contributed by atoms with E-state index in [-0.39, 0.29) is 21.4 Å². The molecule has 1 aromatic carbocycles. The van der Waals surface area contributed by atoms with Gasteiger partial charge in [-0.25, -0.2) is 13.2 Å². The molecular weight excluding hydrogens is 420 g/mol. The van der Waals surface area contributed by atoms with Gasteiger partial charge in [-0.15, -0.1) is 0 Å². The zero-order chi connectivity index (χ0) is 21.6. The second kappa shape index (κ2) is 10.4. The fourth-order valence-electron chi connectivity index (χ4n) is 3.13. The van der Waals surface area contributed by atoms with Crippen molar-refractivity contribution in [2.45, 2.75) is 50.0 Å². The van der Waals surface area contributed by atoms with E-state index in [4.69, 9.17) is 21.2 Å². The van der Waals surface area contributed by atoms with Crippen molar-refractivity contribution in [2.75, 3.05) is 20.7 Å². The van der Waals surface area contributed by atoms with Crippen molar-refractivity contribution >= 4 is 33.5 Å². The molecule has 2 rings (SSSR count). The highest BCUT2D eigenvalue weighted by Crippen LogP contribution is 2.26. The number of hydrogen-bond donors (Lipinski definition) is 1. The van der Waals surface area contributed by atoms with Gasteiger partial charge in [0, 0.05) is 13.6 Å². The highest BCUT2D eigenvalue weighted by Gasteiger charge is 2.27. The minimum absolute atomic E-state index is 0.0376. The van der Waals surface area contributed by atoms with Crippen molar-refractivity contribution in [3.8, 4) is 0 Å². The molecule has 0 aromatic heterocycles. The van der Waals surface area contributed by atoms with Gasteiger partial charge in [-0.1, -0.05) is 35.3 Å². The third-order valence-corrected chi connectivity index (χ3v) is 7.14. The summed E-state index contributed by atoms with van der Waals surface area (Å²) in [4.78, 5) is 29.1. The molecule has 10 heteroatoms. The summed E-state index contributed by atoms with van der Waals surface area (Å²) in [5, 5.41) is 2.75. The van der Waals surface area contributed by atoms with Gasteiger partial charge in [0.25, 0.3) is 15.9 Å². The first-order chi connectivity index (χ1) is 13.7. The zero-order valence-electron chi connectivity index (χ0n) is 16.8. The topological polar surface area (TPSA) is 102 Å². The van der Waals surface area contributed by atoms with E-state index in [0.717, 1.165) is 18.9 Å². The van der Waals surface area contributed by atoms with Gasteiger partial charge in [-0.2, -0.15) is 0 Å². The standard InChI is InChI=1S/C19H27ClN2O6S/c1-13(18(23)21-12-14-7-5-4-6-8-14)28-19(24)15-9-10-16(20)17(11-15)29(25,26)22(2)27-3/h9-11,13-14H,4-8,12H2,1-3H3,(H,21,23). The zero-order valence-corrected chi connectivity index (χ0v) is 18.4. The van der Waals surface area contributed by atoms with Crippen LogP contribution in [0.15, 0.2) is 23.1 Å². The van der Waals surface area contributed by atoms with Crippen LogP contribution in [0.4, 0.5) is 0 Å². The van der Waals surface area contributed by atoms with Gasteiger partial charge in [-0.05, 0) is 43.9 Å². The Labute approximate surface area is 176 Å². The molecule has 162 valence electrons. The lowest BCUT2D eigenvalue weighted by Crippen LogP contribution is -2.38. The van der Waals surface area contributed by atoms with E-state index in [1.165, 1.54) is 52.5 Å². The third kappa shape index (κ3) is 6.15. The summed E-state index contributed by atoms with van der Waals surface area (Å²) in [5.74, 6) is -0.749. The second-order valence-electron chi connectivity index (χ2n) is 7.04. The van der Waals surface area contributed by atoms with Gasteiger partial charge >= 0.3 is 5.97 Å². The molecule has 0 aliphatic heterocycles. The molecule has 0 spiro atoms. The van der Waals surface area contributed by atoms with E-state index < -0.39 is 22.1 Å². The quantitative estimate of drug-likeness (QED) is 0.486. The number of nitrogens with zero attached hydrogens (tertiary/aromatic N) is 1. The van der Waals surface area contributed by atoms with Gasteiger partial charge < -0.3 is 10.1 Å². The molecule has 1 amide bonds. The van der Waals surface area contributed by atoms with Gasteiger partial charge in [-0.3, -0.25) is 9.63 Å². The second-order valence-corrected chi connectivity index (χ2v) is 9.35. The molecule has 29 heavy (non-hydrogen) atoms. The Morgan fingerprint density at radius 3 is 2.55 bits per heavy atom. The molecule has 8 nitrogen and oxygen atoms in total. The number of rotatable bonds is 8. The Balaban J connectivity index is 2.02. The summed E-state index contributed by atoms with van der Waals surface area (Å²) in [7, 11) is -1.65.